The van der Waals surface area contributed by atoms with E-state index in [2.05, 4.69) is 40.0 Å². The van der Waals surface area contributed by atoms with Crippen LogP contribution in [0.5, 0.6) is 0 Å². The average molecular weight is 252 g/mol. The topological polar surface area (TPSA) is 38.0 Å². The first-order valence-electron chi connectivity index (χ1n) is 7.82. The molecule has 0 aromatic carbocycles. The van der Waals surface area contributed by atoms with Crippen LogP contribution in [-0.2, 0) is 0 Å². The molecule has 2 rings (SSSR count). The van der Waals surface area contributed by atoms with Crippen molar-refractivity contribution in [1.29, 1.82) is 0 Å². The lowest BCUT2D eigenvalue weighted by Crippen LogP contribution is -2.45. The molecule has 0 amide bonds. The smallest absolute Gasteiger partial charge is 0.0277 e. The van der Waals surface area contributed by atoms with Gasteiger partial charge in [-0.3, -0.25) is 11.3 Å². The van der Waals surface area contributed by atoms with Crippen LogP contribution in [0.15, 0.2) is 0 Å². The summed E-state index contributed by atoms with van der Waals surface area (Å²) in [6, 6.07) is 0.521. The highest BCUT2D eigenvalue weighted by Crippen LogP contribution is 2.70. The van der Waals surface area contributed by atoms with Crippen molar-refractivity contribution in [3.8, 4) is 0 Å². The van der Waals surface area contributed by atoms with Crippen LogP contribution in [0, 0.1) is 28.6 Å². The summed E-state index contributed by atoms with van der Waals surface area (Å²) in [6.07, 6.45) is 6.92. The highest BCUT2D eigenvalue weighted by Gasteiger charge is 2.67. The van der Waals surface area contributed by atoms with Gasteiger partial charge in [-0.2, -0.15) is 0 Å². The Morgan fingerprint density at radius 2 is 1.56 bits per heavy atom. The molecule has 0 spiro atoms. The largest absolute Gasteiger partial charge is 0.271 e. The number of hydrogen-bond donors (Lipinski definition) is 2. The molecule has 0 aromatic heterocycles. The molecule has 3 N–H and O–H groups in total. The van der Waals surface area contributed by atoms with Crippen molar-refractivity contribution in [3.05, 3.63) is 0 Å². The second-order valence-corrected chi connectivity index (χ2v) is 7.80. The van der Waals surface area contributed by atoms with E-state index in [1.165, 1.54) is 32.1 Å². The van der Waals surface area contributed by atoms with Crippen molar-refractivity contribution < 1.29 is 0 Å². The van der Waals surface area contributed by atoms with Gasteiger partial charge in [0, 0.05) is 6.04 Å². The normalized spacial score (nSPS) is 36.3. The van der Waals surface area contributed by atoms with Gasteiger partial charge in [-0.1, -0.05) is 53.9 Å². The zero-order valence-electron chi connectivity index (χ0n) is 12.9. The van der Waals surface area contributed by atoms with Crippen LogP contribution in [0.4, 0.5) is 0 Å². The van der Waals surface area contributed by atoms with E-state index >= 15 is 0 Å². The maximum Gasteiger partial charge on any atom is 0.0277 e. The van der Waals surface area contributed by atoms with Crippen LogP contribution < -0.4 is 11.3 Å². The second-order valence-electron chi connectivity index (χ2n) is 7.80. The number of nitrogens with one attached hydrogen (secondary N) is 1. The van der Waals surface area contributed by atoms with Crippen molar-refractivity contribution in [1.82, 2.24) is 5.43 Å². The Bertz CT molecular complexity index is 273. The molecule has 2 aliphatic carbocycles. The SMILES string of the molecule is CCC1CCC(C(NN)C2C(C)(C)C2(C)C)CC1. The minimum atomic E-state index is 0.436. The molecule has 106 valence electrons. The van der Waals surface area contributed by atoms with E-state index in [0.29, 0.717) is 16.9 Å². The molecule has 2 fully saturated rings. The first kappa shape index (κ1) is 14.3. The summed E-state index contributed by atoms with van der Waals surface area (Å²) in [5, 5.41) is 0. The fourth-order valence-corrected chi connectivity index (χ4v) is 4.61. The molecule has 0 bridgehead atoms. The summed E-state index contributed by atoms with van der Waals surface area (Å²) in [6.45, 7) is 11.9. The van der Waals surface area contributed by atoms with Gasteiger partial charge in [0.05, 0.1) is 0 Å². The molecule has 2 heteroatoms. The minimum absolute atomic E-state index is 0.436. The van der Waals surface area contributed by atoms with Gasteiger partial charge >= 0.3 is 0 Å². The molecule has 0 aromatic rings. The van der Waals surface area contributed by atoms with Crippen LogP contribution in [-0.4, -0.2) is 6.04 Å². The molecule has 2 aliphatic rings. The number of nitrogens with two attached hydrogens (primary N) is 1. The zero-order chi connectivity index (χ0) is 13.6. The van der Waals surface area contributed by atoms with Crippen LogP contribution in [0.25, 0.3) is 0 Å². The number of hydrazine groups is 1. The van der Waals surface area contributed by atoms with Gasteiger partial charge < -0.3 is 0 Å². The minimum Gasteiger partial charge on any atom is -0.271 e. The molecule has 2 nitrogen and oxygen atoms in total. The Balaban J connectivity index is 1.99. The summed E-state index contributed by atoms with van der Waals surface area (Å²) in [4.78, 5) is 0. The molecule has 1 unspecified atom stereocenters. The van der Waals surface area contributed by atoms with Crippen molar-refractivity contribution in [3.63, 3.8) is 0 Å². The van der Waals surface area contributed by atoms with Crippen LogP contribution in [0.2, 0.25) is 0 Å². The molecule has 1 atom stereocenters. The maximum atomic E-state index is 5.90. The lowest BCUT2D eigenvalue weighted by Gasteiger charge is -2.34. The molecule has 0 aliphatic heterocycles. The van der Waals surface area contributed by atoms with Gasteiger partial charge in [0.25, 0.3) is 0 Å². The summed E-state index contributed by atoms with van der Waals surface area (Å²) >= 11 is 0. The molecule has 0 radical (unpaired) electrons. The molecule has 2 saturated carbocycles. The van der Waals surface area contributed by atoms with E-state index in [1.54, 1.807) is 0 Å². The third-order valence-electron chi connectivity index (χ3n) is 6.66. The zero-order valence-corrected chi connectivity index (χ0v) is 12.9. The summed E-state index contributed by atoms with van der Waals surface area (Å²) in [7, 11) is 0. The van der Waals surface area contributed by atoms with Crippen molar-refractivity contribution in [2.45, 2.75) is 72.8 Å². The lowest BCUT2D eigenvalue weighted by molar-refractivity contribution is 0.190. The van der Waals surface area contributed by atoms with Gasteiger partial charge in [-0.25, -0.2) is 0 Å². The Morgan fingerprint density at radius 1 is 1.06 bits per heavy atom. The highest BCUT2D eigenvalue weighted by atomic mass is 15.2. The van der Waals surface area contributed by atoms with Gasteiger partial charge in [0.15, 0.2) is 0 Å². The first-order valence-corrected chi connectivity index (χ1v) is 7.82. The van der Waals surface area contributed by atoms with Gasteiger partial charge in [0.1, 0.15) is 0 Å². The van der Waals surface area contributed by atoms with E-state index in [0.717, 1.165) is 17.8 Å². The third kappa shape index (κ3) is 2.12. The molecule has 18 heavy (non-hydrogen) atoms. The molecule has 0 heterocycles. The second kappa shape index (κ2) is 4.79. The molecule has 0 saturated heterocycles. The number of rotatable bonds is 4. The van der Waals surface area contributed by atoms with Gasteiger partial charge in [-0.05, 0) is 41.4 Å². The Hall–Kier alpha value is -0.0800. The standard InChI is InChI=1S/C16H32N2/c1-6-11-7-9-12(10-8-11)13(18-17)14-15(2,3)16(14,4)5/h11-14,18H,6-10,17H2,1-5H3. The maximum absolute atomic E-state index is 5.90. The van der Waals surface area contributed by atoms with Crippen LogP contribution in [0.3, 0.4) is 0 Å². The van der Waals surface area contributed by atoms with Crippen molar-refractivity contribution >= 4 is 0 Å². The summed E-state index contributed by atoms with van der Waals surface area (Å²) in [5.41, 5.74) is 4.05. The Morgan fingerprint density at radius 3 is 1.89 bits per heavy atom. The van der Waals surface area contributed by atoms with E-state index in [9.17, 15) is 0 Å². The fourth-order valence-electron chi connectivity index (χ4n) is 4.61. The van der Waals surface area contributed by atoms with Crippen molar-refractivity contribution in [2.75, 3.05) is 0 Å². The van der Waals surface area contributed by atoms with E-state index in [4.69, 9.17) is 5.84 Å². The van der Waals surface area contributed by atoms with Gasteiger partial charge in [0.2, 0.25) is 0 Å². The van der Waals surface area contributed by atoms with Crippen LogP contribution >= 0.6 is 0 Å². The molecular formula is C16H32N2. The fraction of sp³-hybridized carbons (Fsp3) is 1.00. The third-order valence-corrected chi connectivity index (χ3v) is 6.66. The predicted octanol–water partition coefficient (Wildman–Crippen LogP) is 3.72. The van der Waals surface area contributed by atoms with Crippen molar-refractivity contribution in [2.24, 2.45) is 34.4 Å². The van der Waals surface area contributed by atoms with E-state index < -0.39 is 0 Å². The predicted molar refractivity (Wildman–Crippen MR) is 77.9 cm³/mol. The van der Waals surface area contributed by atoms with E-state index in [1.807, 2.05) is 0 Å². The van der Waals surface area contributed by atoms with Crippen LogP contribution in [0.1, 0.15) is 66.7 Å². The number of hydrogen-bond acceptors (Lipinski definition) is 2. The van der Waals surface area contributed by atoms with E-state index in [-0.39, 0.29) is 0 Å². The van der Waals surface area contributed by atoms with Gasteiger partial charge in [-0.15, -0.1) is 0 Å². The highest BCUT2D eigenvalue weighted by molar-refractivity contribution is 5.17. The Labute approximate surface area is 113 Å². The first-order chi connectivity index (χ1) is 8.36. The quantitative estimate of drug-likeness (QED) is 0.591. The summed E-state index contributed by atoms with van der Waals surface area (Å²) in [5.74, 6) is 8.41. The summed E-state index contributed by atoms with van der Waals surface area (Å²) < 4.78 is 0. The average Bonchev–Trinajstić information content (AvgIpc) is 2.74. The monoisotopic (exact) mass is 252 g/mol. The molecular weight excluding hydrogens is 220 g/mol. The Kier molecular flexibility index (Phi) is 3.81. The lowest BCUT2D eigenvalue weighted by atomic mass is 9.75.